The molecule has 0 aromatic heterocycles. The predicted molar refractivity (Wildman–Crippen MR) is 81.5 cm³/mol. The lowest BCUT2D eigenvalue weighted by molar-refractivity contribution is -0.126. The number of carbonyl (C=O) groups excluding carboxylic acids is 1. The van der Waals surface area contributed by atoms with Crippen LogP contribution in [0.25, 0.3) is 0 Å². The molecule has 1 aliphatic carbocycles. The largest absolute Gasteiger partial charge is 0.380 e. The molecule has 1 fully saturated rings. The van der Waals surface area contributed by atoms with Crippen molar-refractivity contribution in [2.24, 2.45) is 11.7 Å². The second kappa shape index (κ2) is 7.96. The third kappa shape index (κ3) is 4.72. The van der Waals surface area contributed by atoms with E-state index in [9.17, 15) is 4.79 Å². The molecule has 5 nitrogen and oxygen atoms in total. The third-order valence-electron chi connectivity index (χ3n) is 3.94. The van der Waals surface area contributed by atoms with Gasteiger partial charge in [0.2, 0.25) is 5.91 Å². The number of hydrogen-bond donors (Lipinski definition) is 2. The maximum absolute atomic E-state index is 12.1. The number of nitrogens with zero attached hydrogens (tertiary/aromatic N) is 1. The molecule has 0 radical (unpaired) electrons. The molecular weight excluding hydrogens is 254 g/mol. The van der Waals surface area contributed by atoms with Gasteiger partial charge >= 0.3 is 0 Å². The summed E-state index contributed by atoms with van der Waals surface area (Å²) in [5, 5.41) is 3.45. The van der Waals surface area contributed by atoms with E-state index in [4.69, 9.17) is 10.5 Å². The lowest BCUT2D eigenvalue weighted by Gasteiger charge is -2.38. The second-order valence-electron chi connectivity index (χ2n) is 5.97. The fourth-order valence-electron chi connectivity index (χ4n) is 2.77. The van der Waals surface area contributed by atoms with Gasteiger partial charge in [-0.3, -0.25) is 15.0 Å². The van der Waals surface area contributed by atoms with E-state index in [0.29, 0.717) is 19.1 Å². The number of likely N-dealkylation sites (N-methyl/N-ethyl adjacent to an activating group) is 1. The summed E-state index contributed by atoms with van der Waals surface area (Å²) in [4.78, 5) is 14.4. The highest BCUT2D eigenvalue weighted by atomic mass is 16.5. The zero-order chi connectivity index (χ0) is 15.2. The zero-order valence-electron chi connectivity index (χ0n) is 13.4. The van der Waals surface area contributed by atoms with Crippen LogP contribution in [0.15, 0.2) is 0 Å². The number of primary amides is 1. The molecule has 0 spiro atoms. The summed E-state index contributed by atoms with van der Waals surface area (Å²) in [6, 6.07) is 0.244. The standard InChI is InChI=1S/C15H31N3O2/c1-5-18(9-10-20-6-2)11-15(14(16)19,13-7-8-13)17-12(3)4/h12-13,17H,5-11H2,1-4H3,(H2,16,19). The average molecular weight is 285 g/mol. The van der Waals surface area contributed by atoms with Crippen LogP contribution in [-0.4, -0.2) is 55.2 Å². The van der Waals surface area contributed by atoms with Crippen molar-refractivity contribution in [3.8, 4) is 0 Å². The minimum Gasteiger partial charge on any atom is -0.380 e. The summed E-state index contributed by atoms with van der Waals surface area (Å²) in [6.45, 7) is 12.1. The predicted octanol–water partition coefficient (Wildman–Crippen LogP) is 0.977. The van der Waals surface area contributed by atoms with Gasteiger partial charge in [0.05, 0.1) is 6.61 Å². The minimum absolute atomic E-state index is 0.219. The highest BCUT2D eigenvalue weighted by Gasteiger charge is 2.50. The van der Waals surface area contributed by atoms with Crippen molar-refractivity contribution in [2.45, 2.75) is 52.1 Å². The summed E-state index contributed by atoms with van der Waals surface area (Å²) in [7, 11) is 0. The van der Waals surface area contributed by atoms with Gasteiger partial charge in [-0.15, -0.1) is 0 Å². The maximum atomic E-state index is 12.1. The van der Waals surface area contributed by atoms with Crippen LogP contribution in [0.1, 0.15) is 40.5 Å². The Bertz CT molecular complexity index is 305. The number of carbonyl (C=O) groups is 1. The van der Waals surface area contributed by atoms with E-state index in [2.05, 4.69) is 31.0 Å². The van der Waals surface area contributed by atoms with E-state index in [1.165, 1.54) is 0 Å². The molecular formula is C15H31N3O2. The summed E-state index contributed by atoms with van der Waals surface area (Å²) in [5.41, 5.74) is 5.17. The highest BCUT2D eigenvalue weighted by Crippen LogP contribution is 2.40. The number of nitrogens with one attached hydrogen (secondary N) is 1. The molecule has 118 valence electrons. The molecule has 1 aliphatic rings. The molecule has 0 bridgehead atoms. The first-order chi connectivity index (χ1) is 9.46. The van der Waals surface area contributed by atoms with E-state index in [1.807, 2.05) is 6.92 Å². The molecule has 3 N–H and O–H groups in total. The van der Waals surface area contributed by atoms with Crippen molar-refractivity contribution in [3.63, 3.8) is 0 Å². The molecule has 20 heavy (non-hydrogen) atoms. The smallest absolute Gasteiger partial charge is 0.239 e. The number of nitrogens with two attached hydrogens (primary N) is 1. The molecule has 1 atom stereocenters. The average Bonchev–Trinajstić information content (AvgIpc) is 3.20. The van der Waals surface area contributed by atoms with Crippen molar-refractivity contribution in [2.75, 3.05) is 32.8 Å². The van der Waals surface area contributed by atoms with Gasteiger partial charge in [-0.25, -0.2) is 0 Å². The fourth-order valence-corrected chi connectivity index (χ4v) is 2.77. The van der Waals surface area contributed by atoms with Crippen LogP contribution >= 0.6 is 0 Å². The van der Waals surface area contributed by atoms with Crippen LogP contribution in [0, 0.1) is 5.92 Å². The zero-order valence-corrected chi connectivity index (χ0v) is 13.4. The first kappa shape index (κ1) is 17.4. The minimum atomic E-state index is -0.587. The Kier molecular flexibility index (Phi) is 6.92. The Morgan fingerprint density at radius 2 is 2.10 bits per heavy atom. The van der Waals surface area contributed by atoms with Crippen molar-refractivity contribution in [1.82, 2.24) is 10.2 Å². The van der Waals surface area contributed by atoms with Gasteiger partial charge in [0.25, 0.3) is 0 Å². The molecule has 1 saturated carbocycles. The summed E-state index contributed by atoms with van der Waals surface area (Å²) in [6.07, 6.45) is 2.18. The van der Waals surface area contributed by atoms with E-state index in [0.717, 1.165) is 32.5 Å². The fraction of sp³-hybridized carbons (Fsp3) is 0.933. The van der Waals surface area contributed by atoms with Gasteiger partial charge < -0.3 is 10.5 Å². The Morgan fingerprint density at radius 3 is 2.50 bits per heavy atom. The molecule has 0 heterocycles. The molecule has 5 heteroatoms. The van der Waals surface area contributed by atoms with Crippen LogP contribution in [0.5, 0.6) is 0 Å². The van der Waals surface area contributed by atoms with Crippen LogP contribution < -0.4 is 11.1 Å². The van der Waals surface area contributed by atoms with Gasteiger partial charge in [-0.2, -0.15) is 0 Å². The van der Waals surface area contributed by atoms with Crippen LogP contribution in [0.2, 0.25) is 0 Å². The normalized spacial score (nSPS) is 18.5. The van der Waals surface area contributed by atoms with Crippen LogP contribution in [0.3, 0.4) is 0 Å². The van der Waals surface area contributed by atoms with Crippen molar-refractivity contribution >= 4 is 5.91 Å². The summed E-state index contributed by atoms with van der Waals surface area (Å²) < 4.78 is 5.42. The molecule has 1 amide bonds. The number of ether oxygens (including phenoxy) is 1. The second-order valence-corrected chi connectivity index (χ2v) is 5.97. The Morgan fingerprint density at radius 1 is 1.45 bits per heavy atom. The molecule has 0 aliphatic heterocycles. The Hall–Kier alpha value is -0.650. The molecule has 0 saturated heterocycles. The van der Waals surface area contributed by atoms with E-state index < -0.39 is 5.54 Å². The molecule has 0 aromatic carbocycles. The number of rotatable bonds is 11. The van der Waals surface area contributed by atoms with Gasteiger partial charge in [-0.05, 0) is 46.1 Å². The van der Waals surface area contributed by atoms with Gasteiger partial charge in [0.1, 0.15) is 5.54 Å². The quantitative estimate of drug-likeness (QED) is 0.555. The van der Waals surface area contributed by atoms with E-state index in [1.54, 1.807) is 0 Å². The molecule has 1 rings (SSSR count). The van der Waals surface area contributed by atoms with Crippen LogP contribution in [-0.2, 0) is 9.53 Å². The maximum Gasteiger partial charge on any atom is 0.239 e. The monoisotopic (exact) mass is 285 g/mol. The van der Waals surface area contributed by atoms with Crippen LogP contribution in [0.4, 0.5) is 0 Å². The van der Waals surface area contributed by atoms with Crippen molar-refractivity contribution < 1.29 is 9.53 Å². The first-order valence-electron chi connectivity index (χ1n) is 7.84. The van der Waals surface area contributed by atoms with E-state index >= 15 is 0 Å². The highest BCUT2D eigenvalue weighted by molar-refractivity contribution is 5.86. The summed E-state index contributed by atoms with van der Waals surface area (Å²) in [5.74, 6) is 0.159. The third-order valence-corrected chi connectivity index (χ3v) is 3.94. The first-order valence-corrected chi connectivity index (χ1v) is 7.84. The number of hydrogen-bond acceptors (Lipinski definition) is 4. The lowest BCUT2D eigenvalue weighted by Crippen LogP contribution is -2.65. The van der Waals surface area contributed by atoms with E-state index in [-0.39, 0.29) is 11.9 Å². The molecule has 1 unspecified atom stereocenters. The molecule has 0 aromatic rings. The van der Waals surface area contributed by atoms with Crippen molar-refractivity contribution in [1.29, 1.82) is 0 Å². The lowest BCUT2D eigenvalue weighted by atomic mass is 9.90. The summed E-state index contributed by atoms with van der Waals surface area (Å²) >= 11 is 0. The van der Waals surface area contributed by atoms with Crippen molar-refractivity contribution in [3.05, 3.63) is 0 Å². The Balaban J connectivity index is 2.73. The topological polar surface area (TPSA) is 67.6 Å². The van der Waals surface area contributed by atoms with Gasteiger partial charge in [0.15, 0.2) is 0 Å². The van der Waals surface area contributed by atoms with Gasteiger partial charge in [0, 0.05) is 25.7 Å². The van der Waals surface area contributed by atoms with Gasteiger partial charge in [-0.1, -0.05) is 6.92 Å². The number of amides is 1. The Labute approximate surface area is 123 Å². The SMILES string of the molecule is CCOCCN(CC)CC(NC(C)C)(C(N)=O)C1CC1.